The van der Waals surface area contributed by atoms with Crippen molar-refractivity contribution in [1.29, 1.82) is 0 Å². The minimum absolute atomic E-state index is 0.396. The first-order valence-electron chi connectivity index (χ1n) is 5.55. The number of hydrogen-bond donors (Lipinski definition) is 2. The van der Waals surface area contributed by atoms with Crippen molar-refractivity contribution in [1.82, 2.24) is 10.2 Å². The van der Waals surface area contributed by atoms with Crippen LogP contribution in [0.3, 0.4) is 0 Å². The highest BCUT2D eigenvalue weighted by molar-refractivity contribution is 5.66. The van der Waals surface area contributed by atoms with Crippen LogP contribution in [0, 0.1) is 6.92 Å². The van der Waals surface area contributed by atoms with Gasteiger partial charge < -0.3 is 5.32 Å². The second-order valence-electron chi connectivity index (χ2n) is 4.28. The van der Waals surface area contributed by atoms with Gasteiger partial charge in [-0.1, -0.05) is 24.3 Å². The highest BCUT2D eigenvalue weighted by atomic mass is 15.2. The van der Waals surface area contributed by atoms with Gasteiger partial charge in [-0.2, -0.15) is 5.10 Å². The maximum Gasteiger partial charge on any atom is 0.148 e. The minimum Gasteiger partial charge on any atom is -0.366 e. The molecule has 0 fully saturated rings. The first-order valence-corrected chi connectivity index (χ1v) is 5.55. The molecule has 0 saturated heterocycles. The van der Waals surface area contributed by atoms with Crippen molar-refractivity contribution >= 4 is 5.82 Å². The molecule has 0 aliphatic carbocycles. The predicted octanol–water partition coefficient (Wildman–Crippen LogP) is 3.21. The summed E-state index contributed by atoms with van der Waals surface area (Å²) in [4.78, 5) is 0. The number of aromatic amines is 1. The Hall–Kier alpha value is -1.77. The van der Waals surface area contributed by atoms with E-state index in [2.05, 4.69) is 48.4 Å². The lowest BCUT2D eigenvalue weighted by molar-refractivity contribution is 0.884. The van der Waals surface area contributed by atoms with Crippen molar-refractivity contribution in [2.24, 2.45) is 0 Å². The van der Waals surface area contributed by atoms with Gasteiger partial charge in [-0.3, -0.25) is 5.10 Å². The molecule has 3 heteroatoms. The molecule has 1 aromatic carbocycles. The van der Waals surface area contributed by atoms with Crippen LogP contribution in [-0.4, -0.2) is 16.2 Å². The molecule has 0 unspecified atom stereocenters. The molecule has 1 aromatic heterocycles. The lowest BCUT2D eigenvalue weighted by Crippen LogP contribution is -2.09. The number of H-pyrrole nitrogens is 1. The number of nitrogens with zero attached hydrogens (tertiary/aromatic N) is 1. The zero-order chi connectivity index (χ0) is 11.5. The van der Waals surface area contributed by atoms with E-state index in [-0.39, 0.29) is 0 Å². The van der Waals surface area contributed by atoms with Crippen molar-refractivity contribution < 1.29 is 0 Å². The fourth-order valence-electron chi connectivity index (χ4n) is 1.70. The van der Waals surface area contributed by atoms with Gasteiger partial charge in [0.25, 0.3) is 0 Å². The standard InChI is InChI=1S/C13H17N3/c1-9(2)14-13-8-12(15-16-13)11-7-5-4-6-10(11)3/h4-9H,1-3H3,(H2,14,15,16). The molecular weight excluding hydrogens is 198 g/mol. The molecule has 1 heterocycles. The first kappa shape index (κ1) is 10.7. The highest BCUT2D eigenvalue weighted by Crippen LogP contribution is 2.23. The summed E-state index contributed by atoms with van der Waals surface area (Å²) >= 11 is 0. The smallest absolute Gasteiger partial charge is 0.148 e. The number of rotatable bonds is 3. The van der Waals surface area contributed by atoms with Crippen molar-refractivity contribution in [2.45, 2.75) is 26.8 Å². The van der Waals surface area contributed by atoms with Crippen LogP contribution < -0.4 is 5.32 Å². The summed E-state index contributed by atoms with van der Waals surface area (Å²) in [7, 11) is 0. The second-order valence-corrected chi connectivity index (χ2v) is 4.28. The zero-order valence-electron chi connectivity index (χ0n) is 9.91. The van der Waals surface area contributed by atoms with E-state index in [1.165, 1.54) is 11.1 Å². The molecule has 2 aromatic rings. The summed E-state index contributed by atoms with van der Waals surface area (Å²) in [5, 5.41) is 10.6. The van der Waals surface area contributed by atoms with Crippen LogP contribution in [-0.2, 0) is 0 Å². The molecule has 0 radical (unpaired) electrons. The maximum atomic E-state index is 4.24. The average Bonchev–Trinajstić information content (AvgIpc) is 2.66. The number of benzene rings is 1. The molecule has 84 valence electrons. The van der Waals surface area contributed by atoms with Gasteiger partial charge in [0.1, 0.15) is 5.82 Å². The van der Waals surface area contributed by atoms with Gasteiger partial charge in [0.15, 0.2) is 0 Å². The number of aromatic nitrogens is 2. The van der Waals surface area contributed by atoms with Crippen LogP contribution >= 0.6 is 0 Å². The fourth-order valence-corrected chi connectivity index (χ4v) is 1.70. The SMILES string of the molecule is Cc1ccccc1-c1cc(NC(C)C)n[nH]1. The van der Waals surface area contributed by atoms with Gasteiger partial charge in [0, 0.05) is 17.7 Å². The van der Waals surface area contributed by atoms with E-state index < -0.39 is 0 Å². The van der Waals surface area contributed by atoms with E-state index in [4.69, 9.17) is 0 Å². The van der Waals surface area contributed by atoms with Crippen LogP contribution in [0.25, 0.3) is 11.3 Å². The van der Waals surface area contributed by atoms with E-state index in [1.807, 2.05) is 18.2 Å². The normalized spacial score (nSPS) is 10.8. The molecule has 0 aliphatic heterocycles. The summed E-state index contributed by atoms with van der Waals surface area (Å²) in [5.41, 5.74) is 3.51. The zero-order valence-corrected chi connectivity index (χ0v) is 9.91. The number of nitrogens with one attached hydrogen (secondary N) is 2. The van der Waals surface area contributed by atoms with Crippen molar-refractivity contribution in [3.63, 3.8) is 0 Å². The van der Waals surface area contributed by atoms with E-state index in [9.17, 15) is 0 Å². The highest BCUT2D eigenvalue weighted by Gasteiger charge is 2.05. The van der Waals surface area contributed by atoms with Crippen LogP contribution in [0.15, 0.2) is 30.3 Å². The largest absolute Gasteiger partial charge is 0.366 e. The monoisotopic (exact) mass is 215 g/mol. The van der Waals surface area contributed by atoms with Crippen molar-refractivity contribution in [3.05, 3.63) is 35.9 Å². The molecular formula is C13H17N3. The van der Waals surface area contributed by atoms with E-state index in [0.29, 0.717) is 6.04 Å². The summed E-state index contributed by atoms with van der Waals surface area (Å²) in [5.74, 6) is 0.897. The lowest BCUT2D eigenvalue weighted by Gasteiger charge is -2.04. The van der Waals surface area contributed by atoms with Gasteiger partial charge in [-0.05, 0) is 26.3 Å². The molecule has 0 amide bonds. The number of hydrogen-bond acceptors (Lipinski definition) is 2. The Morgan fingerprint density at radius 3 is 2.69 bits per heavy atom. The summed E-state index contributed by atoms with van der Waals surface area (Å²) in [6.07, 6.45) is 0. The number of anilines is 1. The Labute approximate surface area is 95.9 Å². The van der Waals surface area contributed by atoms with Crippen molar-refractivity contribution in [2.75, 3.05) is 5.32 Å². The quantitative estimate of drug-likeness (QED) is 0.825. The third-order valence-electron chi connectivity index (χ3n) is 2.45. The Morgan fingerprint density at radius 2 is 2.00 bits per heavy atom. The summed E-state index contributed by atoms with van der Waals surface area (Å²) < 4.78 is 0. The van der Waals surface area contributed by atoms with E-state index in [0.717, 1.165) is 11.5 Å². The van der Waals surface area contributed by atoms with Gasteiger partial charge in [0.2, 0.25) is 0 Å². The Bertz CT molecular complexity index is 472. The van der Waals surface area contributed by atoms with Crippen LogP contribution in [0.2, 0.25) is 0 Å². The molecule has 2 N–H and O–H groups in total. The molecule has 2 rings (SSSR count). The molecule has 0 saturated carbocycles. The fraction of sp³-hybridized carbons (Fsp3) is 0.308. The van der Waals surface area contributed by atoms with E-state index >= 15 is 0 Å². The van der Waals surface area contributed by atoms with Crippen molar-refractivity contribution in [3.8, 4) is 11.3 Å². The first-order chi connectivity index (χ1) is 7.66. The van der Waals surface area contributed by atoms with Crippen LogP contribution in [0.5, 0.6) is 0 Å². The molecule has 3 nitrogen and oxygen atoms in total. The van der Waals surface area contributed by atoms with Gasteiger partial charge in [-0.25, -0.2) is 0 Å². The number of aryl methyl sites for hydroxylation is 1. The second kappa shape index (κ2) is 4.39. The topological polar surface area (TPSA) is 40.7 Å². The van der Waals surface area contributed by atoms with E-state index in [1.54, 1.807) is 0 Å². The van der Waals surface area contributed by atoms with Crippen LogP contribution in [0.1, 0.15) is 19.4 Å². The average molecular weight is 215 g/mol. The van der Waals surface area contributed by atoms with Crippen LogP contribution in [0.4, 0.5) is 5.82 Å². The van der Waals surface area contributed by atoms with Gasteiger partial charge >= 0.3 is 0 Å². The van der Waals surface area contributed by atoms with Gasteiger partial charge in [-0.15, -0.1) is 0 Å². The third kappa shape index (κ3) is 2.24. The minimum atomic E-state index is 0.396. The maximum absolute atomic E-state index is 4.24. The lowest BCUT2D eigenvalue weighted by atomic mass is 10.1. The molecule has 0 aliphatic rings. The summed E-state index contributed by atoms with van der Waals surface area (Å²) in [6.45, 7) is 6.30. The molecule has 0 atom stereocenters. The Kier molecular flexibility index (Phi) is 2.95. The predicted molar refractivity (Wildman–Crippen MR) is 67.5 cm³/mol. The molecule has 0 bridgehead atoms. The third-order valence-corrected chi connectivity index (χ3v) is 2.45. The Morgan fingerprint density at radius 1 is 1.25 bits per heavy atom. The Balaban J connectivity index is 2.28. The van der Waals surface area contributed by atoms with Gasteiger partial charge in [0.05, 0.1) is 5.69 Å². The summed E-state index contributed by atoms with van der Waals surface area (Å²) in [6, 6.07) is 10.7. The molecule has 0 spiro atoms. The molecule has 16 heavy (non-hydrogen) atoms.